The number of halogens is 1. The van der Waals surface area contributed by atoms with Gasteiger partial charge in [-0.3, -0.25) is 19.0 Å². The number of nitrogens with one attached hydrogen (secondary N) is 1. The topological polar surface area (TPSA) is 135 Å². The van der Waals surface area contributed by atoms with E-state index in [9.17, 15) is 18.8 Å². The summed E-state index contributed by atoms with van der Waals surface area (Å²) in [6.07, 6.45) is 14.2. The zero-order valence-electron chi connectivity index (χ0n) is 28.9. The Kier molecular flexibility index (Phi) is 9.26. The van der Waals surface area contributed by atoms with Crippen LogP contribution >= 0.6 is 0 Å². The standard InChI is InChI=1S/C37H44FN5O6/c1-7-37(20-47-28(45)19-35(5,6)29-23(3)15-22(2)16-26(29)48-24(4)44)14-11-27(49-37)43-21-39-30-31(41-34(38)42-32(30)43)40-33(46)25-17-36(18-25)12-9-8-10-13-36/h1,15-16,21,25,27H,8-14,17-20H2,2-6H3,(H,40,41,42,46)/t27-,37+/m1/s1. The van der Waals surface area contributed by atoms with Crippen molar-refractivity contribution in [2.75, 3.05) is 11.9 Å². The molecule has 2 saturated carbocycles. The van der Waals surface area contributed by atoms with Crippen molar-refractivity contribution in [3.8, 4) is 18.1 Å². The van der Waals surface area contributed by atoms with Gasteiger partial charge >= 0.3 is 18.0 Å². The van der Waals surface area contributed by atoms with Gasteiger partial charge in [0.25, 0.3) is 0 Å². The highest BCUT2D eigenvalue weighted by Gasteiger charge is 2.47. The number of esters is 2. The number of anilines is 1. The number of amides is 1. The van der Waals surface area contributed by atoms with E-state index >= 15 is 0 Å². The Balaban J connectivity index is 1.11. The average molecular weight is 674 g/mol. The van der Waals surface area contributed by atoms with Crippen LogP contribution in [0.15, 0.2) is 18.5 Å². The highest BCUT2D eigenvalue weighted by molar-refractivity contribution is 5.98. The molecule has 3 aromatic rings. The minimum absolute atomic E-state index is 0.00601. The highest BCUT2D eigenvalue weighted by Crippen LogP contribution is 2.55. The third-order valence-corrected chi connectivity index (χ3v) is 10.4. The summed E-state index contributed by atoms with van der Waals surface area (Å²) in [6.45, 7) is 8.74. The number of benzene rings is 1. The van der Waals surface area contributed by atoms with E-state index in [2.05, 4.69) is 26.2 Å². The lowest BCUT2D eigenvalue weighted by Crippen LogP contribution is -2.44. The lowest BCUT2D eigenvalue weighted by atomic mass is 9.55. The number of terminal acetylenes is 1. The molecule has 11 nitrogen and oxygen atoms in total. The number of hydrogen-bond acceptors (Lipinski definition) is 9. The van der Waals surface area contributed by atoms with Gasteiger partial charge in [0, 0.05) is 23.8 Å². The Morgan fingerprint density at radius 3 is 2.57 bits per heavy atom. The van der Waals surface area contributed by atoms with Gasteiger partial charge in [0.15, 0.2) is 22.6 Å². The van der Waals surface area contributed by atoms with Gasteiger partial charge in [0.1, 0.15) is 18.6 Å². The van der Waals surface area contributed by atoms with Gasteiger partial charge in [-0.05, 0) is 75.0 Å². The molecular weight excluding hydrogens is 629 g/mol. The van der Waals surface area contributed by atoms with Gasteiger partial charge in [0.05, 0.1) is 12.7 Å². The van der Waals surface area contributed by atoms with Crippen molar-refractivity contribution in [2.45, 2.75) is 116 Å². The number of carbonyl (C=O) groups is 3. The first-order valence-electron chi connectivity index (χ1n) is 17.0. The summed E-state index contributed by atoms with van der Waals surface area (Å²) < 4.78 is 33.8. The maximum atomic E-state index is 14.7. The molecule has 260 valence electrons. The first-order chi connectivity index (χ1) is 23.2. The fourth-order valence-corrected chi connectivity index (χ4v) is 8.20. The summed E-state index contributed by atoms with van der Waals surface area (Å²) in [6, 6.07) is 3.76. The molecule has 49 heavy (non-hydrogen) atoms. The molecule has 1 N–H and O–H groups in total. The summed E-state index contributed by atoms with van der Waals surface area (Å²) in [5, 5.41) is 2.80. The van der Waals surface area contributed by atoms with E-state index in [4.69, 9.17) is 20.6 Å². The van der Waals surface area contributed by atoms with Crippen molar-refractivity contribution in [2.24, 2.45) is 11.3 Å². The molecule has 6 rings (SSSR count). The van der Waals surface area contributed by atoms with Crippen molar-refractivity contribution in [3.63, 3.8) is 0 Å². The Labute approximate surface area is 285 Å². The zero-order chi connectivity index (χ0) is 35.1. The lowest BCUT2D eigenvalue weighted by Gasteiger charge is -2.49. The fraction of sp³-hybridized carbons (Fsp3) is 0.568. The van der Waals surface area contributed by atoms with Gasteiger partial charge in [-0.25, -0.2) is 4.98 Å². The minimum atomic E-state index is -1.23. The largest absolute Gasteiger partial charge is 0.461 e. The molecule has 2 atom stereocenters. The fourth-order valence-electron chi connectivity index (χ4n) is 8.20. The molecule has 3 heterocycles. The van der Waals surface area contributed by atoms with Crippen LogP contribution in [-0.2, 0) is 29.3 Å². The Morgan fingerprint density at radius 2 is 1.88 bits per heavy atom. The molecule has 0 radical (unpaired) electrons. The summed E-state index contributed by atoms with van der Waals surface area (Å²) in [4.78, 5) is 50.4. The van der Waals surface area contributed by atoms with E-state index < -0.39 is 35.3 Å². The molecule has 2 aliphatic carbocycles. The summed E-state index contributed by atoms with van der Waals surface area (Å²) >= 11 is 0. The average Bonchev–Trinajstić information content (AvgIpc) is 3.63. The summed E-state index contributed by atoms with van der Waals surface area (Å²) in [5.74, 6) is 1.84. The smallest absolute Gasteiger partial charge is 0.312 e. The number of carbonyl (C=O) groups excluding carboxylic acids is 3. The Hall–Kier alpha value is -4.37. The zero-order valence-corrected chi connectivity index (χ0v) is 28.9. The van der Waals surface area contributed by atoms with Crippen LogP contribution < -0.4 is 10.1 Å². The molecule has 1 aromatic carbocycles. The van der Waals surface area contributed by atoms with E-state index in [0.29, 0.717) is 18.6 Å². The number of rotatable bonds is 9. The Bertz CT molecular complexity index is 1830. The summed E-state index contributed by atoms with van der Waals surface area (Å²) in [7, 11) is 0. The van der Waals surface area contributed by atoms with Crippen LogP contribution in [0.4, 0.5) is 10.2 Å². The predicted octanol–water partition coefficient (Wildman–Crippen LogP) is 6.40. The predicted molar refractivity (Wildman–Crippen MR) is 179 cm³/mol. The molecule has 1 amide bonds. The van der Waals surface area contributed by atoms with Crippen molar-refractivity contribution >= 4 is 34.8 Å². The molecule has 12 heteroatoms. The number of ether oxygens (including phenoxy) is 3. The van der Waals surface area contributed by atoms with Gasteiger partial charge in [0.2, 0.25) is 5.91 Å². The van der Waals surface area contributed by atoms with E-state index in [1.807, 2.05) is 33.8 Å². The summed E-state index contributed by atoms with van der Waals surface area (Å²) in [5.41, 5.74) is 1.29. The van der Waals surface area contributed by atoms with Crippen molar-refractivity contribution in [1.29, 1.82) is 0 Å². The highest BCUT2D eigenvalue weighted by atomic mass is 19.1. The first kappa shape index (κ1) is 34.5. The van der Waals surface area contributed by atoms with Crippen LogP contribution in [0.5, 0.6) is 5.75 Å². The van der Waals surface area contributed by atoms with Crippen LogP contribution in [0.1, 0.15) is 108 Å². The maximum Gasteiger partial charge on any atom is 0.312 e. The van der Waals surface area contributed by atoms with Crippen molar-refractivity contribution in [1.82, 2.24) is 19.5 Å². The molecular formula is C37H44FN5O6. The van der Waals surface area contributed by atoms with Gasteiger partial charge < -0.3 is 19.5 Å². The van der Waals surface area contributed by atoms with E-state index in [0.717, 1.165) is 42.4 Å². The normalized spacial score (nSPS) is 22.0. The van der Waals surface area contributed by atoms with Crippen LogP contribution in [0, 0.1) is 43.6 Å². The second-order valence-corrected chi connectivity index (χ2v) is 14.8. The van der Waals surface area contributed by atoms with Crippen LogP contribution in [-0.4, -0.2) is 49.6 Å². The second-order valence-electron chi connectivity index (χ2n) is 14.8. The van der Waals surface area contributed by atoms with E-state index in [-0.39, 0.29) is 47.2 Å². The number of fused-ring (bicyclic) bond motifs is 1. The second kappa shape index (κ2) is 13.2. The molecule has 0 unspecified atom stereocenters. The molecule has 0 bridgehead atoms. The van der Waals surface area contributed by atoms with Gasteiger partial charge in [-0.15, -0.1) is 6.42 Å². The third kappa shape index (κ3) is 7.04. The van der Waals surface area contributed by atoms with Gasteiger partial charge in [-0.1, -0.05) is 45.1 Å². The third-order valence-electron chi connectivity index (χ3n) is 10.4. The van der Waals surface area contributed by atoms with Crippen LogP contribution in [0.3, 0.4) is 0 Å². The van der Waals surface area contributed by atoms with E-state index in [1.54, 1.807) is 10.6 Å². The maximum absolute atomic E-state index is 14.7. The van der Waals surface area contributed by atoms with Gasteiger partial charge in [-0.2, -0.15) is 14.4 Å². The van der Waals surface area contributed by atoms with Crippen LogP contribution in [0.2, 0.25) is 0 Å². The SMILES string of the molecule is C#C[C@@]1(COC(=O)CC(C)(C)c2c(C)cc(C)cc2OC(C)=O)CC[C@H](n2cnc3c(NC(=O)C4CC5(CCCCC5)C4)nc(F)nc32)O1. The molecule has 1 saturated heterocycles. The molecule has 3 fully saturated rings. The van der Waals surface area contributed by atoms with Crippen molar-refractivity contribution < 1.29 is 33.0 Å². The number of imidazole rings is 1. The van der Waals surface area contributed by atoms with Crippen LogP contribution in [0.25, 0.3) is 11.2 Å². The number of hydrogen-bond donors (Lipinski definition) is 1. The van der Waals surface area contributed by atoms with E-state index in [1.165, 1.54) is 32.5 Å². The number of nitrogens with zero attached hydrogens (tertiary/aromatic N) is 4. The quantitative estimate of drug-likeness (QED) is 0.119. The molecule has 3 aliphatic rings. The Morgan fingerprint density at radius 1 is 1.14 bits per heavy atom. The molecule has 1 aliphatic heterocycles. The first-order valence-corrected chi connectivity index (χ1v) is 17.0. The monoisotopic (exact) mass is 673 g/mol. The van der Waals surface area contributed by atoms with Crippen molar-refractivity contribution in [3.05, 3.63) is 41.2 Å². The lowest BCUT2D eigenvalue weighted by molar-refractivity contribution is -0.153. The molecule has 2 aromatic heterocycles. The number of aryl methyl sites for hydroxylation is 2. The molecule has 1 spiro atoms. The minimum Gasteiger partial charge on any atom is -0.461 e. The number of aromatic nitrogens is 4.